The first kappa shape index (κ1) is 18.7. The molecule has 0 aliphatic heterocycles. The highest BCUT2D eigenvalue weighted by Gasteiger charge is 2.12. The fraction of sp³-hybridized carbons (Fsp3) is 0.333. The number of hydrogen-bond donors (Lipinski definition) is 0. The van der Waals surface area contributed by atoms with Crippen molar-refractivity contribution in [2.24, 2.45) is 0 Å². The summed E-state index contributed by atoms with van der Waals surface area (Å²) in [4.78, 5) is 2.76. The van der Waals surface area contributed by atoms with Crippen molar-refractivity contribution in [1.29, 1.82) is 0 Å². The van der Waals surface area contributed by atoms with Crippen LogP contribution in [0.25, 0.3) is 20.9 Å². The lowest BCUT2D eigenvalue weighted by Crippen LogP contribution is -1.87. The van der Waals surface area contributed by atoms with Crippen molar-refractivity contribution in [1.82, 2.24) is 0 Å². The minimum absolute atomic E-state index is 0.911. The number of ether oxygens (including phenoxy) is 1. The van der Waals surface area contributed by atoms with Crippen molar-refractivity contribution in [2.45, 2.75) is 46.0 Å². The number of hydrogen-bond acceptors (Lipinski definition) is 2. The van der Waals surface area contributed by atoms with Crippen LogP contribution in [0.15, 0.2) is 54.6 Å². The van der Waals surface area contributed by atoms with Gasteiger partial charge in [0, 0.05) is 9.75 Å². The minimum Gasteiger partial charge on any atom is -0.497 e. The summed E-state index contributed by atoms with van der Waals surface area (Å²) in [5.74, 6) is 0.911. The number of aryl methyl sites for hydroxylation is 2. The molecule has 2 aromatic carbocycles. The topological polar surface area (TPSA) is 9.23 Å². The van der Waals surface area contributed by atoms with Crippen molar-refractivity contribution in [3.05, 3.63) is 65.7 Å². The second-order valence-corrected chi connectivity index (χ2v) is 7.92. The van der Waals surface area contributed by atoms with Crippen LogP contribution in [0.4, 0.5) is 0 Å². The second kappa shape index (κ2) is 9.05. The van der Waals surface area contributed by atoms with Gasteiger partial charge in [0.15, 0.2) is 0 Å². The molecule has 3 rings (SSSR count). The molecule has 2 heteroatoms. The Balaban J connectivity index is 1.92. The third-order valence-corrected chi connectivity index (χ3v) is 6.07. The molecule has 1 aromatic heterocycles. The van der Waals surface area contributed by atoms with E-state index < -0.39 is 0 Å². The fourth-order valence-corrected chi connectivity index (χ4v) is 4.42. The van der Waals surface area contributed by atoms with E-state index in [0.29, 0.717) is 0 Å². The average Bonchev–Trinajstić information content (AvgIpc) is 3.10. The van der Waals surface area contributed by atoms with Gasteiger partial charge in [-0.15, -0.1) is 11.3 Å². The van der Waals surface area contributed by atoms with Crippen LogP contribution in [0.5, 0.6) is 5.75 Å². The largest absolute Gasteiger partial charge is 0.497 e. The number of methoxy groups -OCH3 is 1. The molecular weight excluding hydrogens is 336 g/mol. The van der Waals surface area contributed by atoms with Gasteiger partial charge < -0.3 is 4.74 Å². The molecule has 0 saturated carbocycles. The Labute approximate surface area is 161 Å². The van der Waals surface area contributed by atoms with E-state index in [1.165, 1.54) is 57.7 Å². The predicted octanol–water partition coefficient (Wildman–Crippen LogP) is 7.52. The smallest absolute Gasteiger partial charge is 0.118 e. The molecule has 136 valence electrons. The molecule has 0 amide bonds. The highest BCUT2D eigenvalue weighted by atomic mass is 32.1. The number of thiophene rings is 1. The SMILES string of the molecule is CCCCCCc1cc(-c2ccc(C)cc2)sc1-c1ccc(OC)cc1. The maximum absolute atomic E-state index is 5.32. The Bertz CT molecular complexity index is 812. The lowest BCUT2D eigenvalue weighted by atomic mass is 10.0. The van der Waals surface area contributed by atoms with E-state index in [4.69, 9.17) is 4.74 Å². The van der Waals surface area contributed by atoms with Gasteiger partial charge in [0.25, 0.3) is 0 Å². The van der Waals surface area contributed by atoms with Crippen molar-refractivity contribution in [3.63, 3.8) is 0 Å². The first-order valence-corrected chi connectivity index (χ1v) is 10.4. The molecule has 26 heavy (non-hydrogen) atoms. The third kappa shape index (κ3) is 4.56. The summed E-state index contributed by atoms with van der Waals surface area (Å²) in [6.45, 7) is 4.41. The summed E-state index contributed by atoms with van der Waals surface area (Å²) in [6.07, 6.45) is 6.34. The normalized spacial score (nSPS) is 10.9. The first-order valence-electron chi connectivity index (χ1n) is 9.55. The fourth-order valence-electron chi connectivity index (χ4n) is 3.20. The van der Waals surface area contributed by atoms with Crippen molar-refractivity contribution in [2.75, 3.05) is 7.11 Å². The Hall–Kier alpha value is -2.06. The summed E-state index contributed by atoms with van der Waals surface area (Å²) < 4.78 is 5.32. The van der Waals surface area contributed by atoms with Crippen molar-refractivity contribution >= 4 is 11.3 Å². The van der Waals surface area contributed by atoms with Gasteiger partial charge in [0.1, 0.15) is 5.75 Å². The molecule has 0 fully saturated rings. The Morgan fingerprint density at radius 2 is 1.54 bits per heavy atom. The lowest BCUT2D eigenvalue weighted by molar-refractivity contribution is 0.415. The molecule has 0 radical (unpaired) electrons. The average molecular weight is 365 g/mol. The van der Waals surface area contributed by atoms with E-state index in [9.17, 15) is 0 Å². The molecule has 1 nitrogen and oxygen atoms in total. The van der Waals surface area contributed by atoms with Crippen LogP contribution in [0.1, 0.15) is 43.7 Å². The van der Waals surface area contributed by atoms with Crippen LogP contribution in [0, 0.1) is 6.92 Å². The number of benzene rings is 2. The maximum Gasteiger partial charge on any atom is 0.118 e. The zero-order valence-electron chi connectivity index (χ0n) is 16.0. The number of unbranched alkanes of at least 4 members (excludes halogenated alkanes) is 3. The van der Waals surface area contributed by atoms with Gasteiger partial charge in [-0.05, 0) is 66.8 Å². The summed E-state index contributed by atoms with van der Waals surface area (Å²) in [5, 5.41) is 0. The van der Waals surface area contributed by atoms with Crippen molar-refractivity contribution in [3.8, 4) is 26.6 Å². The van der Waals surface area contributed by atoms with Crippen LogP contribution < -0.4 is 4.74 Å². The minimum atomic E-state index is 0.911. The molecule has 0 atom stereocenters. The van der Waals surface area contributed by atoms with E-state index >= 15 is 0 Å². The maximum atomic E-state index is 5.32. The zero-order valence-corrected chi connectivity index (χ0v) is 16.9. The van der Waals surface area contributed by atoms with Gasteiger partial charge in [-0.25, -0.2) is 0 Å². The Morgan fingerprint density at radius 3 is 2.19 bits per heavy atom. The molecule has 0 N–H and O–H groups in total. The van der Waals surface area contributed by atoms with E-state index in [1.54, 1.807) is 7.11 Å². The molecule has 0 bridgehead atoms. The highest BCUT2D eigenvalue weighted by molar-refractivity contribution is 7.19. The quantitative estimate of drug-likeness (QED) is 0.375. The molecule has 0 saturated heterocycles. The van der Waals surface area contributed by atoms with Crippen LogP contribution in [0.3, 0.4) is 0 Å². The Kier molecular flexibility index (Phi) is 6.51. The monoisotopic (exact) mass is 364 g/mol. The molecule has 0 aliphatic rings. The van der Waals surface area contributed by atoms with E-state index in [-0.39, 0.29) is 0 Å². The second-order valence-electron chi connectivity index (χ2n) is 6.87. The third-order valence-electron chi connectivity index (χ3n) is 4.80. The van der Waals surface area contributed by atoms with Gasteiger partial charge in [0.2, 0.25) is 0 Å². The van der Waals surface area contributed by atoms with Gasteiger partial charge >= 0.3 is 0 Å². The molecular formula is C24H28OS. The lowest BCUT2D eigenvalue weighted by Gasteiger charge is -2.05. The zero-order chi connectivity index (χ0) is 18.4. The number of rotatable bonds is 8. The van der Waals surface area contributed by atoms with Crippen LogP contribution in [0.2, 0.25) is 0 Å². The highest BCUT2D eigenvalue weighted by Crippen LogP contribution is 2.39. The van der Waals surface area contributed by atoms with Gasteiger partial charge in [-0.2, -0.15) is 0 Å². The summed E-state index contributed by atoms with van der Waals surface area (Å²) >= 11 is 1.91. The van der Waals surface area contributed by atoms with Crippen LogP contribution in [-0.4, -0.2) is 7.11 Å². The summed E-state index contributed by atoms with van der Waals surface area (Å²) in [6, 6.07) is 19.7. The predicted molar refractivity (Wildman–Crippen MR) is 114 cm³/mol. The molecule has 0 aliphatic carbocycles. The van der Waals surface area contributed by atoms with Gasteiger partial charge in [-0.1, -0.05) is 56.0 Å². The Morgan fingerprint density at radius 1 is 0.846 bits per heavy atom. The first-order chi connectivity index (χ1) is 12.7. The van der Waals surface area contributed by atoms with Crippen LogP contribution >= 0.6 is 11.3 Å². The van der Waals surface area contributed by atoms with E-state index in [1.807, 2.05) is 11.3 Å². The summed E-state index contributed by atoms with van der Waals surface area (Å²) in [7, 11) is 1.72. The van der Waals surface area contributed by atoms with E-state index in [0.717, 1.165) is 12.2 Å². The molecule has 0 spiro atoms. The van der Waals surface area contributed by atoms with Gasteiger partial charge in [-0.3, -0.25) is 0 Å². The van der Waals surface area contributed by atoms with Crippen molar-refractivity contribution < 1.29 is 4.74 Å². The molecule has 0 unspecified atom stereocenters. The molecule has 3 aromatic rings. The van der Waals surface area contributed by atoms with E-state index in [2.05, 4.69) is 68.4 Å². The summed E-state index contributed by atoms with van der Waals surface area (Å²) in [5.41, 5.74) is 5.39. The standard InChI is InChI=1S/C24H28OS/c1-4-5-6-7-8-21-17-23(19-11-9-18(2)10-12-19)26-24(21)20-13-15-22(25-3)16-14-20/h9-17H,4-8H2,1-3H3. The van der Waals surface area contributed by atoms with Gasteiger partial charge in [0.05, 0.1) is 7.11 Å². The van der Waals surface area contributed by atoms with Crippen LogP contribution in [-0.2, 0) is 6.42 Å². The molecule has 1 heterocycles.